The van der Waals surface area contributed by atoms with Gasteiger partial charge in [-0.15, -0.1) is 0 Å². The standard InChI is InChI=1S/C13H10N2O2/c1-16-11-5-3-6-12(8-11)17-13-7-2-4-10(9-14)15-13/h2-8H,1H3. The fourth-order valence-corrected chi connectivity index (χ4v) is 1.32. The van der Waals surface area contributed by atoms with E-state index in [1.54, 1.807) is 37.4 Å². The highest BCUT2D eigenvalue weighted by molar-refractivity contribution is 5.35. The van der Waals surface area contributed by atoms with Gasteiger partial charge in [-0.2, -0.15) is 5.26 Å². The minimum Gasteiger partial charge on any atom is -0.497 e. The number of methoxy groups -OCH3 is 1. The van der Waals surface area contributed by atoms with Crippen LogP contribution in [0, 0.1) is 11.3 Å². The minimum atomic E-state index is 0.324. The van der Waals surface area contributed by atoms with Crippen molar-refractivity contribution >= 4 is 0 Å². The number of hydrogen-bond acceptors (Lipinski definition) is 4. The van der Waals surface area contributed by atoms with Crippen molar-refractivity contribution < 1.29 is 9.47 Å². The molecule has 0 aliphatic heterocycles. The van der Waals surface area contributed by atoms with Crippen LogP contribution in [0.2, 0.25) is 0 Å². The Morgan fingerprint density at radius 2 is 1.88 bits per heavy atom. The monoisotopic (exact) mass is 226 g/mol. The highest BCUT2D eigenvalue weighted by atomic mass is 16.5. The van der Waals surface area contributed by atoms with Crippen LogP contribution < -0.4 is 9.47 Å². The molecular weight excluding hydrogens is 216 g/mol. The van der Waals surface area contributed by atoms with Crippen LogP contribution >= 0.6 is 0 Å². The Morgan fingerprint density at radius 1 is 1.12 bits per heavy atom. The van der Waals surface area contributed by atoms with Crippen LogP contribution in [0.25, 0.3) is 0 Å². The zero-order valence-corrected chi connectivity index (χ0v) is 9.25. The molecule has 0 N–H and O–H groups in total. The van der Waals surface area contributed by atoms with Crippen molar-refractivity contribution in [1.29, 1.82) is 5.26 Å². The SMILES string of the molecule is COc1cccc(Oc2cccc(C#N)n2)c1. The number of ether oxygens (including phenoxy) is 2. The largest absolute Gasteiger partial charge is 0.497 e. The average molecular weight is 226 g/mol. The second-order valence-corrected chi connectivity index (χ2v) is 3.25. The highest BCUT2D eigenvalue weighted by Gasteiger charge is 2.01. The Kier molecular flexibility index (Phi) is 3.22. The van der Waals surface area contributed by atoms with Crippen LogP contribution in [0.1, 0.15) is 5.69 Å². The van der Waals surface area contributed by atoms with Crippen molar-refractivity contribution in [3.63, 3.8) is 0 Å². The molecule has 0 saturated heterocycles. The molecule has 0 unspecified atom stereocenters. The molecule has 0 amide bonds. The first kappa shape index (κ1) is 11.0. The highest BCUT2D eigenvalue weighted by Crippen LogP contribution is 2.23. The maximum atomic E-state index is 8.72. The molecule has 1 aromatic carbocycles. The maximum absolute atomic E-state index is 8.72. The zero-order valence-electron chi connectivity index (χ0n) is 9.25. The molecule has 0 radical (unpaired) electrons. The van der Waals surface area contributed by atoms with Crippen molar-refractivity contribution in [2.75, 3.05) is 7.11 Å². The maximum Gasteiger partial charge on any atom is 0.220 e. The summed E-state index contributed by atoms with van der Waals surface area (Å²) in [6, 6.07) is 14.2. The summed E-state index contributed by atoms with van der Waals surface area (Å²) in [5, 5.41) is 8.72. The summed E-state index contributed by atoms with van der Waals surface area (Å²) in [6.07, 6.45) is 0. The molecule has 84 valence electrons. The van der Waals surface area contributed by atoms with Crippen molar-refractivity contribution in [2.24, 2.45) is 0 Å². The third kappa shape index (κ3) is 2.73. The van der Waals surface area contributed by atoms with Crippen LogP contribution in [-0.4, -0.2) is 12.1 Å². The molecule has 2 aromatic rings. The van der Waals surface area contributed by atoms with E-state index in [1.165, 1.54) is 0 Å². The molecule has 4 heteroatoms. The molecule has 1 aromatic heterocycles. The third-order valence-corrected chi connectivity index (χ3v) is 2.10. The van der Waals surface area contributed by atoms with E-state index in [4.69, 9.17) is 14.7 Å². The summed E-state index contributed by atoms with van der Waals surface area (Å²) in [5.41, 5.74) is 0.324. The molecule has 0 fully saturated rings. The van der Waals surface area contributed by atoms with E-state index in [9.17, 15) is 0 Å². The normalized spacial score (nSPS) is 9.41. The van der Waals surface area contributed by atoms with E-state index in [2.05, 4.69) is 4.98 Å². The topological polar surface area (TPSA) is 55.1 Å². The number of rotatable bonds is 3. The number of benzene rings is 1. The predicted molar refractivity (Wildman–Crippen MR) is 62.0 cm³/mol. The number of nitrogens with zero attached hydrogens (tertiary/aromatic N) is 2. The summed E-state index contributed by atoms with van der Waals surface area (Å²) < 4.78 is 10.6. The van der Waals surface area contributed by atoms with Gasteiger partial charge in [0.15, 0.2) is 0 Å². The summed E-state index contributed by atoms with van der Waals surface area (Å²) in [4.78, 5) is 4.02. The minimum absolute atomic E-state index is 0.324. The molecule has 4 nitrogen and oxygen atoms in total. The fourth-order valence-electron chi connectivity index (χ4n) is 1.32. The molecular formula is C13H10N2O2. The first-order valence-corrected chi connectivity index (χ1v) is 5.01. The van der Waals surface area contributed by atoms with Gasteiger partial charge in [0.2, 0.25) is 5.88 Å². The molecule has 0 aliphatic carbocycles. The predicted octanol–water partition coefficient (Wildman–Crippen LogP) is 2.75. The van der Waals surface area contributed by atoms with Crippen LogP contribution in [0.4, 0.5) is 0 Å². The van der Waals surface area contributed by atoms with Crippen molar-refractivity contribution in [2.45, 2.75) is 0 Å². The van der Waals surface area contributed by atoms with E-state index in [0.29, 0.717) is 23.1 Å². The summed E-state index contributed by atoms with van der Waals surface area (Å²) in [7, 11) is 1.59. The Bertz CT molecular complexity index is 561. The average Bonchev–Trinajstić information content (AvgIpc) is 2.39. The fraction of sp³-hybridized carbons (Fsp3) is 0.0769. The first-order valence-electron chi connectivity index (χ1n) is 5.01. The quantitative estimate of drug-likeness (QED) is 0.807. The van der Waals surface area contributed by atoms with Gasteiger partial charge in [0.1, 0.15) is 23.3 Å². The van der Waals surface area contributed by atoms with Crippen molar-refractivity contribution in [3.05, 3.63) is 48.2 Å². The van der Waals surface area contributed by atoms with Gasteiger partial charge in [-0.1, -0.05) is 12.1 Å². The number of hydrogen-bond donors (Lipinski definition) is 0. The van der Waals surface area contributed by atoms with Crippen molar-refractivity contribution in [3.8, 4) is 23.4 Å². The second-order valence-electron chi connectivity index (χ2n) is 3.25. The summed E-state index contributed by atoms with van der Waals surface area (Å²) >= 11 is 0. The first-order chi connectivity index (χ1) is 8.31. The molecule has 17 heavy (non-hydrogen) atoms. The molecule has 0 aliphatic rings. The Balaban J connectivity index is 2.22. The van der Waals surface area contributed by atoms with Gasteiger partial charge in [0.05, 0.1) is 7.11 Å². The van der Waals surface area contributed by atoms with E-state index in [-0.39, 0.29) is 0 Å². The number of aromatic nitrogens is 1. The van der Waals surface area contributed by atoms with Crippen LogP contribution in [0.5, 0.6) is 17.4 Å². The van der Waals surface area contributed by atoms with E-state index >= 15 is 0 Å². The number of nitriles is 1. The summed E-state index contributed by atoms with van der Waals surface area (Å²) in [5.74, 6) is 1.71. The van der Waals surface area contributed by atoms with Gasteiger partial charge in [-0.05, 0) is 18.2 Å². The lowest BCUT2D eigenvalue weighted by atomic mass is 10.3. The van der Waals surface area contributed by atoms with Gasteiger partial charge < -0.3 is 9.47 Å². The Labute approximate surface area is 99.1 Å². The lowest BCUT2D eigenvalue weighted by molar-refractivity contribution is 0.407. The van der Waals surface area contributed by atoms with E-state index in [1.807, 2.05) is 18.2 Å². The molecule has 1 heterocycles. The Morgan fingerprint density at radius 3 is 2.65 bits per heavy atom. The number of pyridine rings is 1. The summed E-state index contributed by atoms with van der Waals surface area (Å²) in [6.45, 7) is 0. The van der Waals surface area contributed by atoms with E-state index < -0.39 is 0 Å². The molecule has 2 rings (SSSR count). The third-order valence-electron chi connectivity index (χ3n) is 2.10. The molecule has 0 spiro atoms. The van der Waals surface area contributed by atoms with Gasteiger partial charge in [0, 0.05) is 12.1 Å². The zero-order chi connectivity index (χ0) is 12.1. The lowest BCUT2D eigenvalue weighted by Crippen LogP contribution is -1.90. The van der Waals surface area contributed by atoms with E-state index in [0.717, 1.165) is 0 Å². The molecule has 0 atom stereocenters. The van der Waals surface area contributed by atoms with Gasteiger partial charge >= 0.3 is 0 Å². The molecule has 0 bridgehead atoms. The van der Waals surface area contributed by atoms with Crippen LogP contribution in [0.15, 0.2) is 42.5 Å². The van der Waals surface area contributed by atoms with Crippen LogP contribution in [0.3, 0.4) is 0 Å². The lowest BCUT2D eigenvalue weighted by Gasteiger charge is -2.06. The Hall–Kier alpha value is -2.54. The molecule has 0 saturated carbocycles. The van der Waals surface area contributed by atoms with Gasteiger partial charge in [-0.3, -0.25) is 0 Å². The smallest absolute Gasteiger partial charge is 0.220 e. The van der Waals surface area contributed by atoms with Gasteiger partial charge in [-0.25, -0.2) is 4.98 Å². The van der Waals surface area contributed by atoms with Gasteiger partial charge in [0.25, 0.3) is 0 Å². The second kappa shape index (κ2) is 4.99. The van der Waals surface area contributed by atoms with Crippen LogP contribution in [-0.2, 0) is 0 Å². The van der Waals surface area contributed by atoms with Crippen molar-refractivity contribution in [1.82, 2.24) is 4.98 Å².